The van der Waals surface area contributed by atoms with Gasteiger partial charge in [0.15, 0.2) is 0 Å². The van der Waals surface area contributed by atoms with Gasteiger partial charge in [-0.05, 0) is 65.2 Å². The highest BCUT2D eigenvalue weighted by atomic mass is 16.5. The third kappa shape index (κ3) is 29.2. The van der Waals surface area contributed by atoms with Crippen LogP contribution in [0.3, 0.4) is 0 Å². The number of hydrogen-bond donors (Lipinski definition) is 4. The van der Waals surface area contributed by atoms with E-state index >= 15 is 0 Å². The minimum atomic E-state index is 0.0121. The molecule has 0 aromatic heterocycles. The summed E-state index contributed by atoms with van der Waals surface area (Å²) in [6.07, 6.45) is 19.2. The van der Waals surface area contributed by atoms with Crippen LogP contribution in [0.1, 0.15) is 104 Å². The van der Waals surface area contributed by atoms with Crippen LogP contribution in [0.2, 0.25) is 0 Å². The highest BCUT2D eigenvalue weighted by Crippen LogP contribution is 2.14. The molecule has 0 saturated carbocycles. The van der Waals surface area contributed by atoms with E-state index < -0.39 is 0 Å². The lowest BCUT2D eigenvalue weighted by molar-refractivity contribution is -0.121. The van der Waals surface area contributed by atoms with Crippen LogP contribution in [-0.4, -0.2) is 81.2 Å². The lowest BCUT2D eigenvalue weighted by Gasteiger charge is -2.06. The Bertz CT molecular complexity index is 651. The Hall–Kier alpha value is -1.58. The third-order valence-corrected chi connectivity index (χ3v) is 6.44. The van der Waals surface area contributed by atoms with Crippen molar-refractivity contribution in [3.63, 3.8) is 0 Å². The van der Waals surface area contributed by atoms with Gasteiger partial charge in [0, 0.05) is 25.9 Å². The molecule has 4 N–H and O–H groups in total. The van der Waals surface area contributed by atoms with E-state index in [1.54, 1.807) is 0 Å². The molecule has 0 aromatic carbocycles. The lowest BCUT2D eigenvalue weighted by atomic mass is 10.0. The molecule has 0 aliphatic rings. The molecule has 0 aliphatic heterocycles. The Morgan fingerprint density at radius 1 is 0.641 bits per heavy atom. The van der Waals surface area contributed by atoms with Crippen LogP contribution in [0.5, 0.6) is 0 Å². The largest absolute Gasteiger partial charge is 0.394 e. The first-order valence-corrected chi connectivity index (χ1v) is 15.2. The second kappa shape index (κ2) is 29.4. The van der Waals surface area contributed by atoms with Crippen molar-refractivity contribution in [2.24, 2.45) is 0 Å². The summed E-state index contributed by atoms with van der Waals surface area (Å²) in [7, 11) is 0. The maximum Gasteiger partial charge on any atom is 0.220 e. The van der Waals surface area contributed by atoms with E-state index in [0.29, 0.717) is 58.9 Å². The van der Waals surface area contributed by atoms with E-state index in [2.05, 4.69) is 36.6 Å². The molecule has 228 valence electrons. The van der Waals surface area contributed by atoms with Crippen molar-refractivity contribution in [2.75, 3.05) is 59.3 Å². The summed E-state index contributed by atoms with van der Waals surface area (Å²) in [5, 5.41) is 23.2. The number of unbranched alkanes of at least 4 members (excludes halogenated alkanes) is 7. The Balaban J connectivity index is 3.59. The van der Waals surface area contributed by atoms with E-state index in [-0.39, 0.29) is 24.9 Å². The van der Waals surface area contributed by atoms with Gasteiger partial charge in [-0.25, -0.2) is 0 Å². The number of Topliss-reactive ketones (excluding diaryl/α,β-unsaturated/α-hetero) is 1. The smallest absolute Gasteiger partial charge is 0.220 e. The average molecular weight is 555 g/mol. The van der Waals surface area contributed by atoms with Crippen molar-refractivity contribution in [1.29, 1.82) is 0 Å². The molecule has 8 heteroatoms. The summed E-state index contributed by atoms with van der Waals surface area (Å²) < 4.78 is 10.3. The molecule has 0 aromatic rings. The van der Waals surface area contributed by atoms with Gasteiger partial charge in [-0.15, -0.1) is 0 Å². The van der Waals surface area contributed by atoms with Crippen LogP contribution in [0.25, 0.3) is 0 Å². The molecule has 0 radical (unpaired) electrons. The molecule has 0 fully saturated rings. The molecular weight excluding hydrogens is 496 g/mol. The van der Waals surface area contributed by atoms with E-state index in [1.807, 2.05) is 0 Å². The minimum Gasteiger partial charge on any atom is -0.394 e. The van der Waals surface area contributed by atoms with Crippen molar-refractivity contribution in [3.05, 3.63) is 23.3 Å². The number of amides is 1. The Morgan fingerprint density at radius 3 is 1.67 bits per heavy atom. The molecular formula is C31H58N2O6. The molecule has 0 rings (SSSR count). The molecule has 0 heterocycles. The number of aliphatic hydroxyl groups is 2. The summed E-state index contributed by atoms with van der Waals surface area (Å²) in [4.78, 5) is 23.6. The molecule has 0 aliphatic carbocycles. The number of carbonyl (C=O) groups is 2. The van der Waals surface area contributed by atoms with Gasteiger partial charge >= 0.3 is 0 Å². The fraction of sp³-hybridized carbons (Fsp3) is 0.806. The first kappa shape index (κ1) is 37.4. The van der Waals surface area contributed by atoms with Crippen molar-refractivity contribution in [2.45, 2.75) is 104 Å². The van der Waals surface area contributed by atoms with Crippen molar-refractivity contribution in [3.8, 4) is 0 Å². The molecule has 0 atom stereocenters. The molecule has 39 heavy (non-hydrogen) atoms. The van der Waals surface area contributed by atoms with E-state index in [9.17, 15) is 9.59 Å². The van der Waals surface area contributed by atoms with E-state index in [0.717, 1.165) is 57.8 Å². The van der Waals surface area contributed by atoms with Crippen LogP contribution >= 0.6 is 0 Å². The Kier molecular flexibility index (Phi) is 28.2. The maximum absolute atomic E-state index is 11.9. The van der Waals surface area contributed by atoms with Crippen LogP contribution in [0.4, 0.5) is 0 Å². The summed E-state index contributed by atoms with van der Waals surface area (Å²) in [5.41, 5.74) is 2.92. The van der Waals surface area contributed by atoms with Gasteiger partial charge < -0.3 is 30.3 Å². The lowest BCUT2D eigenvalue weighted by Crippen LogP contribution is -2.27. The summed E-state index contributed by atoms with van der Waals surface area (Å²) in [6, 6.07) is 0. The van der Waals surface area contributed by atoms with Crippen LogP contribution in [0, 0.1) is 0 Å². The molecule has 0 spiro atoms. The van der Waals surface area contributed by atoms with Gasteiger partial charge in [-0.3, -0.25) is 9.59 Å². The second-order valence-electron chi connectivity index (χ2n) is 10.2. The zero-order chi connectivity index (χ0) is 28.8. The summed E-state index contributed by atoms with van der Waals surface area (Å²) in [6.45, 7) is 7.67. The number of carbonyl (C=O) groups excluding carboxylic acids is 2. The van der Waals surface area contributed by atoms with Gasteiger partial charge in [0.25, 0.3) is 0 Å². The second-order valence-corrected chi connectivity index (χ2v) is 10.2. The zero-order valence-corrected chi connectivity index (χ0v) is 24.9. The van der Waals surface area contributed by atoms with Gasteiger partial charge in [-0.2, -0.15) is 0 Å². The fourth-order valence-electron chi connectivity index (χ4n) is 4.13. The number of allylic oxidation sites excluding steroid dienone is 4. The number of hydrogen-bond acceptors (Lipinski definition) is 7. The molecule has 0 unspecified atom stereocenters. The van der Waals surface area contributed by atoms with Gasteiger partial charge in [-0.1, -0.05) is 49.0 Å². The minimum absolute atomic E-state index is 0.0121. The van der Waals surface area contributed by atoms with Crippen molar-refractivity contribution < 1.29 is 29.3 Å². The standard InChI is InChI=1S/C31H58N2O6/c1-28(13-7-3-5-9-17-30(36)27-32-19-23-38-25-21-34)15-11-12-16-29(2)14-8-4-6-10-18-31(37)33-20-24-39-26-22-35/h15-16,32,34-35H,3-14,17-27H2,1-2H3,(H,33,37). The van der Waals surface area contributed by atoms with E-state index in [4.69, 9.17) is 19.7 Å². The predicted molar refractivity (Wildman–Crippen MR) is 159 cm³/mol. The van der Waals surface area contributed by atoms with Crippen LogP contribution < -0.4 is 10.6 Å². The van der Waals surface area contributed by atoms with E-state index in [1.165, 1.54) is 30.4 Å². The quantitative estimate of drug-likeness (QED) is 0.0786. The third-order valence-electron chi connectivity index (χ3n) is 6.44. The normalized spacial score (nSPS) is 12.2. The molecule has 1 amide bonds. The number of ether oxygens (including phenoxy) is 2. The van der Waals surface area contributed by atoms with Crippen LogP contribution in [0.15, 0.2) is 23.3 Å². The van der Waals surface area contributed by atoms with Crippen LogP contribution in [-0.2, 0) is 19.1 Å². The fourth-order valence-corrected chi connectivity index (χ4v) is 4.13. The SMILES string of the molecule is CC(=CCCC=C(C)CCCCCCC(=O)NCCOCCO)CCCCCCC(=O)CNCCOCCO. The highest BCUT2D eigenvalue weighted by molar-refractivity contribution is 5.80. The van der Waals surface area contributed by atoms with Crippen molar-refractivity contribution >= 4 is 11.7 Å². The predicted octanol–water partition coefficient (Wildman–Crippen LogP) is 4.63. The number of aliphatic hydroxyl groups excluding tert-OH is 2. The Labute approximate surface area is 238 Å². The summed E-state index contributed by atoms with van der Waals surface area (Å²) >= 11 is 0. The highest BCUT2D eigenvalue weighted by Gasteiger charge is 2.02. The molecule has 8 nitrogen and oxygen atoms in total. The average Bonchev–Trinajstić information content (AvgIpc) is 2.92. The Morgan fingerprint density at radius 2 is 1.13 bits per heavy atom. The zero-order valence-electron chi connectivity index (χ0n) is 24.9. The summed E-state index contributed by atoms with van der Waals surface area (Å²) in [5.74, 6) is 0.339. The monoisotopic (exact) mass is 554 g/mol. The number of nitrogens with one attached hydrogen (secondary N) is 2. The molecule has 0 saturated heterocycles. The van der Waals surface area contributed by atoms with Crippen molar-refractivity contribution in [1.82, 2.24) is 10.6 Å². The number of rotatable bonds is 29. The maximum atomic E-state index is 11.9. The van der Waals surface area contributed by atoms with Gasteiger partial charge in [0.05, 0.1) is 46.2 Å². The van der Waals surface area contributed by atoms with Gasteiger partial charge in [0.2, 0.25) is 5.91 Å². The first-order valence-electron chi connectivity index (χ1n) is 15.2. The first-order chi connectivity index (χ1) is 19.0. The number of ketones is 1. The topological polar surface area (TPSA) is 117 Å². The van der Waals surface area contributed by atoms with Gasteiger partial charge in [0.1, 0.15) is 5.78 Å². The molecule has 0 bridgehead atoms.